The highest BCUT2D eigenvalue weighted by molar-refractivity contribution is 7.90. The number of sulfone groups is 1. The summed E-state index contributed by atoms with van der Waals surface area (Å²) in [5.74, 6) is -1.82. The molecule has 1 saturated carbocycles. The second-order valence-corrected chi connectivity index (χ2v) is 12.9. The van der Waals surface area contributed by atoms with Crippen LogP contribution in [0, 0.1) is 5.92 Å². The van der Waals surface area contributed by atoms with E-state index in [1.807, 2.05) is 0 Å². The van der Waals surface area contributed by atoms with E-state index in [-0.39, 0.29) is 35.5 Å². The Hall–Kier alpha value is -2.17. The van der Waals surface area contributed by atoms with Crippen molar-refractivity contribution in [3.05, 3.63) is 47.9 Å². The molecule has 10 nitrogen and oxygen atoms in total. The van der Waals surface area contributed by atoms with Crippen LogP contribution in [0.3, 0.4) is 0 Å². The first-order valence-electron chi connectivity index (χ1n) is 12.1. The molecule has 2 atom stereocenters. The van der Waals surface area contributed by atoms with E-state index in [0.29, 0.717) is 12.3 Å². The molecule has 1 fully saturated rings. The highest BCUT2D eigenvalue weighted by Crippen LogP contribution is 2.59. The van der Waals surface area contributed by atoms with Crippen LogP contribution in [0.25, 0.3) is 0 Å². The van der Waals surface area contributed by atoms with Crippen molar-refractivity contribution in [1.29, 1.82) is 0 Å². The Morgan fingerprint density at radius 1 is 1.11 bits per heavy atom. The molecule has 1 aromatic heterocycles. The molecule has 1 unspecified atom stereocenters. The third-order valence-electron chi connectivity index (χ3n) is 6.18. The maximum Gasteiger partial charge on any atom is 0.365 e. The highest BCUT2D eigenvalue weighted by Gasteiger charge is 2.36. The smallest absolute Gasteiger partial charge is 0.365 e. The molecule has 1 aliphatic carbocycles. The molecule has 1 aromatic carbocycles. The van der Waals surface area contributed by atoms with Gasteiger partial charge in [-0.15, -0.1) is 0 Å². The minimum absolute atomic E-state index is 0.00268. The van der Waals surface area contributed by atoms with Gasteiger partial charge in [-0.05, 0) is 43.9 Å². The lowest BCUT2D eigenvalue weighted by Gasteiger charge is -2.22. The van der Waals surface area contributed by atoms with Crippen molar-refractivity contribution in [3.8, 4) is 0 Å². The summed E-state index contributed by atoms with van der Waals surface area (Å²) >= 11 is 0. The minimum Gasteiger partial charge on any atom is -0.375 e. The third kappa shape index (κ3) is 7.20. The Morgan fingerprint density at radius 3 is 2.22 bits per heavy atom. The van der Waals surface area contributed by atoms with Crippen LogP contribution >= 0.6 is 7.60 Å². The van der Waals surface area contributed by atoms with E-state index in [9.17, 15) is 22.9 Å². The van der Waals surface area contributed by atoms with Gasteiger partial charge in [0.25, 0.3) is 0 Å². The number of rotatable bonds is 12. The number of aliphatic hydroxyl groups is 1. The van der Waals surface area contributed by atoms with Gasteiger partial charge in [0, 0.05) is 6.26 Å². The lowest BCUT2D eigenvalue weighted by molar-refractivity contribution is -0.118. The van der Waals surface area contributed by atoms with E-state index in [1.54, 1.807) is 26.0 Å². The Morgan fingerprint density at radius 2 is 1.72 bits per heavy atom. The van der Waals surface area contributed by atoms with E-state index in [0.717, 1.165) is 37.5 Å². The summed E-state index contributed by atoms with van der Waals surface area (Å²) in [6.45, 7) is 3.45. The summed E-state index contributed by atoms with van der Waals surface area (Å²) in [6.07, 6.45) is 8.65. The quantitative estimate of drug-likeness (QED) is 0.374. The van der Waals surface area contributed by atoms with Crippen molar-refractivity contribution >= 4 is 29.2 Å². The fourth-order valence-corrected chi connectivity index (χ4v) is 6.54. The number of amides is 1. The van der Waals surface area contributed by atoms with Crippen LogP contribution in [0.15, 0.2) is 41.6 Å². The third-order valence-corrected chi connectivity index (χ3v) is 9.40. The molecular weight excluding hydrogens is 505 g/mol. The van der Waals surface area contributed by atoms with E-state index in [1.165, 1.54) is 24.5 Å². The summed E-state index contributed by atoms with van der Waals surface area (Å²) in [5.41, 5.74) is 0.721. The summed E-state index contributed by atoms with van der Waals surface area (Å²) in [7, 11) is -7.18. The van der Waals surface area contributed by atoms with Gasteiger partial charge in [-0.3, -0.25) is 14.3 Å². The van der Waals surface area contributed by atoms with Crippen LogP contribution in [0.5, 0.6) is 0 Å². The lowest BCUT2D eigenvalue weighted by Crippen LogP contribution is -2.24. The number of hydrogen-bond donors (Lipinski definition) is 2. The molecule has 12 heteroatoms. The SMILES string of the molecule is CCOP(=O)(OCC)C(O)c1cnc(NC(=O)[C@H](CC2CCCC2)c2ccc(S(C)(=O)=O)cc2)cn1. The van der Waals surface area contributed by atoms with E-state index < -0.39 is 29.2 Å². The zero-order chi connectivity index (χ0) is 26.3. The molecule has 3 rings (SSSR count). The average molecular weight is 540 g/mol. The van der Waals surface area contributed by atoms with Crippen LogP contribution in [-0.2, 0) is 28.2 Å². The van der Waals surface area contributed by atoms with Gasteiger partial charge >= 0.3 is 7.60 Å². The summed E-state index contributed by atoms with van der Waals surface area (Å²) < 4.78 is 46.8. The molecule has 0 spiro atoms. The van der Waals surface area contributed by atoms with Gasteiger partial charge in [0.15, 0.2) is 21.5 Å². The van der Waals surface area contributed by atoms with Gasteiger partial charge in [-0.25, -0.2) is 13.4 Å². The maximum atomic E-state index is 13.3. The first kappa shape index (κ1) is 28.4. The van der Waals surface area contributed by atoms with Crippen molar-refractivity contribution in [1.82, 2.24) is 9.97 Å². The monoisotopic (exact) mass is 539 g/mol. The Balaban J connectivity index is 1.78. The number of nitrogens with one attached hydrogen (secondary N) is 1. The molecule has 0 radical (unpaired) electrons. The van der Waals surface area contributed by atoms with E-state index in [2.05, 4.69) is 15.3 Å². The zero-order valence-corrected chi connectivity index (χ0v) is 22.5. The number of benzene rings is 1. The minimum atomic E-state index is -3.84. The van der Waals surface area contributed by atoms with Crippen LogP contribution in [0.1, 0.15) is 69.0 Å². The standard InChI is InChI=1S/C24H34N3O7PS/c1-4-33-35(30,34-5-2)24(29)21-15-26-22(16-25-21)27-23(28)20(14-17-8-6-7-9-17)18-10-12-19(13-11-18)36(3,31)32/h10-13,15-17,20,24,29H,4-9,14H2,1-3H3,(H,26,27,28)/t20-,24?/m1/s1. The van der Waals surface area contributed by atoms with Crippen LogP contribution in [0.4, 0.5) is 5.82 Å². The van der Waals surface area contributed by atoms with Crippen molar-refractivity contribution in [2.75, 3.05) is 24.8 Å². The molecule has 2 aromatic rings. The second-order valence-electron chi connectivity index (χ2n) is 8.84. The van der Waals surface area contributed by atoms with Crippen LogP contribution < -0.4 is 5.32 Å². The fraction of sp³-hybridized carbons (Fsp3) is 0.542. The first-order valence-corrected chi connectivity index (χ1v) is 15.6. The van der Waals surface area contributed by atoms with Gasteiger partial charge in [-0.2, -0.15) is 0 Å². The summed E-state index contributed by atoms with van der Waals surface area (Å²) in [6, 6.07) is 6.40. The first-order chi connectivity index (χ1) is 17.1. The van der Waals surface area contributed by atoms with E-state index in [4.69, 9.17) is 9.05 Å². The highest BCUT2D eigenvalue weighted by atomic mass is 32.2. The van der Waals surface area contributed by atoms with Crippen molar-refractivity contribution in [3.63, 3.8) is 0 Å². The largest absolute Gasteiger partial charge is 0.375 e. The normalized spacial score (nSPS) is 16.6. The molecule has 2 N–H and O–H groups in total. The number of aliphatic hydroxyl groups excluding tert-OH is 1. The zero-order valence-electron chi connectivity index (χ0n) is 20.8. The number of carbonyl (C=O) groups is 1. The Labute approximate surface area is 212 Å². The lowest BCUT2D eigenvalue weighted by atomic mass is 9.87. The van der Waals surface area contributed by atoms with Crippen molar-refractivity contribution in [2.45, 2.75) is 62.6 Å². The molecule has 1 aliphatic rings. The van der Waals surface area contributed by atoms with E-state index >= 15 is 0 Å². The molecule has 0 saturated heterocycles. The number of aromatic nitrogens is 2. The predicted molar refractivity (Wildman–Crippen MR) is 135 cm³/mol. The van der Waals surface area contributed by atoms with Gasteiger partial charge in [0.2, 0.25) is 5.91 Å². The molecule has 1 heterocycles. The Kier molecular flexibility index (Phi) is 9.77. The fourth-order valence-electron chi connectivity index (χ4n) is 4.37. The number of anilines is 1. The average Bonchev–Trinajstić information content (AvgIpc) is 3.36. The van der Waals surface area contributed by atoms with Gasteiger partial charge in [0.1, 0.15) is 0 Å². The number of carbonyl (C=O) groups excluding carboxylic acids is 1. The number of nitrogens with zero attached hydrogens (tertiary/aromatic N) is 2. The van der Waals surface area contributed by atoms with Crippen LogP contribution in [0.2, 0.25) is 0 Å². The molecule has 0 bridgehead atoms. The summed E-state index contributed by atoms with van der Waals surface area (Å²) in [4.78, 5) is 21.8. The molecule has 0 aliphatic heterocycles. The van der Waals surface area contributed by atoms with Crippen molar-refractivity contribution in [2.24, 2.45) is 5.92 Å². The van der Waals surface area contributed by atoms with Crippen LogP contribution in [-0.4, -0.2) is 48.9 Å². The van der Waals surface area contributed by atoms with Gasteiger partial charge in [-0.1, -0.05) is 37.8 Å². The molecule has 198 valence electrons. The van der Waals surface area contributed by atoms with Crippen molar-refractivity contribution < 1.29 is 31.9 Å². The molecule has 36 heavy (non-hydrogen) atoms. The molecule has 1 amide bonds. The summed E-state index contributed by atoms with van der Waals surface area (Å²) in [5, 5.41) is 13.3. The van der Waals surface area contributed by atoms with Gasteiger partial charge in [0.05, 0.1) is 42.1 Å². The maximum absolute atomic E-state index is 13.3. The topological polar surface area (TPSA) is 145 Å². The Bertz CT molecular complexity index is 1160. The van der Waals surface area contributed by atoms with Gasteiger partial charge < -0.3 is 19.5 Å². The number of hydrogen-bond acceptors (Lipinski definition) is 9. The predicted octanol–water partition coefficient (Wildman–Crippen LogP) is 4.44. The molecular formula is C24H34N3O7PS. The second kappa shape index (κ2) is 12.4.